The number of thioether (sulfide) groups is 2. The average Bonchev–Trinajstić information content (AvgIpc) is 3.38. The van der Waals surface area contributed by atoms with Crippen molar-refractivity contribution in [3.63, 3.8) is 0 Å². The Hall–Kier alpha value is -3.56. The lowest BCUT2D eigenvalue weighted by molar-refractivity contribution is -0.150. The first-order valence-electron chi connectivity index (χ1n) is 11.8. The summed E-state index contributed by atoms with van der Waals surface area (Å²) in [5, 5.41) is 34.8. The van der Waals surface area contributed by atoms with Gasteiger partial charge in [-0.2, -0.15) is 5.21 Å². The van der Waals surface area contributed by atoms with Gasteiger partial charge in [0.05, 0.1) is 0 Å². The van der Waals surface area contributed by atoms with Gasteiger partial charge in [-0.25, -0.2) is 4.79 Å². The van der Waals surface area contributed by atoms with Crippen LogP contribution in [0.4, 0.5) is 0 Å². The van der Waals surface area contributed by atoms with Crippen molar-refractivity contribution >= 4 is 47.2 Å². The Morgan fingerprint density at radius 2 is 2.03 bits per heavy atom. The van der Waals surface area contributed by atoms with Crippen LogP contribution in [0.25, 0.3) is 0 Å². The number of unbranched alkanes of at least 4 members (excludes halogenated alkanes) is 1. The van der Waals surface area contributed by atoms with E-state index in [2.05, 4.69) is 26.0 Å². The fraction of sp³-hybridized carbons (Fsp3) is 0.391. The summed E-state index contributed by atoms with van der Waals surface area (Å²) in [6.45, 7) is 2.52. The van der Waals surface area contributed by atoms with E-state index in [0.29, 0.717) is 28.5 Å². The molecule has 0 spiro atoms. The number of phenolic OH excluding ortho intramolecular Hbond substituents is 1. The second-order valence-electron chi connectivity index (χ2n) is 8.60. The Morgan fingerprint density at radius 3 is 2.71 bits per heavy atom. The topological polar surface area (TPSA) is 204 Å². The minimum atomic E-state index is -1.26. The van der Waals surface area contributed by atoms with Crippen molar-refractivity contribution in [1.82, 2.24) is 30.9 Å². The molecule has 1 fully saturated rings. The summed E-state index contributed by atoms with van der Waals surface area (Å²) in [6, 6.07) is 3.83. The second-order valence-corrected chi connectivity index (χ2v) is 10.7. The number of nitrogens with one attached hydrogen (secondary N) is 3. The first-order valence-corrected chi connectivity index (χ1v) is 13.8. The molecule has 3 atom stereocenters. The summed E-state index contributed by atoms with van der Waals surface area (Å²) < 4.78 is 0. The molecule has 1 aromatic carbocycles. The first-order chi connectivity index (χ1) is 18.2. The van der Waals surface area contributed by atoms with Gasteiger partial charge in [0.25, 0.3) is 11.8 Å². The summed E-state index contributed by atoms with van der Waals surface area (Å²) in [5.74, 6) is -2.27. The summed E-state index contributed by atoms with van der Waals surface area (Å²) in [5.41, 5.74) is 6.93. The number of carboxylic acid groups (broad SMARTS) is 1. The van der Waals surface area contributed by atoms with Crippen molar-refractivity contribution in [2.24, 2.45) is 5.73 Å². The maximum absolute atomic E-state index is 12.9. The highest BCUT2D eigenvalue weighted by atomic mass is 32.2. The second kappa shape index (κ2) is 11.9. The number of H-pyrrole nitrogens is 1. The zero-order valence-corrected chi connectivity index (χ0v) is 22.0. The number of benzene rings is 1. The standard InChI is InChI=1S/C23H27N7O6S2/c1-2-3-8-25-19(33)15-20(28-29-27-15)37-9-12-10-38-22-16(21(34)30(22)17(12)23(35)36)26-18(32)14(24)11-4-6-13(31)7-5-11/h4-7,14,16,22,31H,2-3,8-10,24H2,1H3,(H,25,33)(H,26,32)(H,35,36)(H,27,28,29)/t14?,16?,22-/m0/s1. The van der Waals surface area contributed by atoms with Gasteiger partial charge in [0, 0.05) is 18.1 Å². The van der Waals surface area contributed by atoms with E-state index in [0.717, 1.165) is 24.6 Å². The van der Waals surface area contributed by atoms with E-state index in [-0.39, 0.29) is 28.8 Å². The number of rotatable bonds is 11. The molecule has 4 rings (SSSR count). The Morgan fingerprint density at radius 1 is 1.29 bits per heavy atom. The molecule has 1 saturated heterocycles. The van der Waals surface area contributed by atoms with Gasteiger partial charge >= 0.3 is 5.97 Å². The van der Waals surface area contributed by atoms with Crippen LogP contribution in [0, 0.1) is 0 Å². The monoisotopic (exact) mass is 561 g/mol. The molecular formula is C23H27N7O6S2. The Kier molecular flexibility index (Phi) is 8.58. The SMILES string of the molecule is CCCCNC(=O)c1n[nH]nc1SCC1=C(C(=O)O)N2C(=O)C(NC(=O)C(N)c3ccc(O)cc3)[C@@H]2SC1. The van der Waals surface area contributed by atoms with Gasteiger partial charge in [-0.1, -0.05) is 37.2 Å². The van der Waals surface area contributed by atoms with Crippen LogP contribution in [0.2, 0.25) is 0 Å². The van der Waals surface area contributed by atoms with Crippen molar-refractivity contribution in [2.75, 3.05) is 18.1 Å². The van der Waals surface area contributed by atoms with Gasteiger partial charge in [-0.15, -0.1) is 22.0 Å². The maximum atomic E-state index is 12.9. The minimum absolute atomic E-state index is 0.0294. The number of carboxylic acids is 1. The lowest BCUT2D eigenvalue weighted by atomic mass is 10.0. The van der Waals surface area contributed by atoms with Crippen LogP contribution in [-0.4, -0.2) is 83.7 Å². The number of nitrogens with two attached hydrogens (primary N) is 1. The number of nitrogens with zero attached hydrogens (tertiary/aromatic N) is 3. The highest BCUT2D eigenvalue weighted by Crippen LogP contribution is 2.41. The van der Waals surface area contributed by atoms with E-state index in [1.54, 1.807) is 0 Å². The molecule has 1 aromatic heterocycles. The van der Waals surface area contributed by atoms with Crippen molar-refractivity contribution in [3.8, 4) is 5.75 Å². The fourth-order valence-electron chi connectivity index (χ4n) is 3.96. The third kappa shape index (κ3) is 5.63. The Labute approximate surface area is 226 Å². The summed E-state index contributed by atoms with van der Waals surface area (Å²) >= 11 is 2.47. The Bertz CT molecular complexity index is 1270. The number of β-lactam (4-membered cyclic amide) rings is 1. The predicted octanol–water partition coefficient (Wildman–Crippen LogP) is 0.571. The van der Waals surface area contributed by atoms with Crippen LogP contribution in [0.3, 0.4) is 0 Å². The number of amides is 3. The molecule has 202 valence electrons. The van der Waals surface area contributed by atoms with Gasteiger partial charge in [-0.3, -0.25) is 19.3 Å². The van der Waals surface area contributed by atoms with E-state index < -0.39 is 35.2 Å². The molecule has 13 nitrogen and oxygen atoms in total. The number of carbonyl (C=O) groups excluding carboxylic acids is 3. The zero-order chi connectivity index (χ0) is 27.4. The van der Waals surface area contributed by atoms with Crippen molar-refractivity contribution in [1.29, 1.82) is 0 Å². The van der Waals surface area contributed by atoms with Crippen LogP contribution in [0.1, 0.15) is 41.9 Å². The number of hydrogen-bond donors (Lipinski definition) is 6. The quantitative estimate of drug-likeness (QED) is 0.127. The molecule has 2 aromatic rings. The van der Waals surface area contributed by atoms with Crippen LogP contribution < -0.4 is 16.4 Å². The van der Waals surface area contributed by atoms with Crippen LogP contribution in [0.5, 0.6) is 5.75 Å². The maximum Gasteiger partial charge on any atom is 0.352 e. The van der Waals surface area contributed by atoms with Gasteiger partial charge in [0.15, 0.2) is 10.7 Å². The molecule has 0 aliphatic carbocycles. The molecule has 0 radical (unpaired) electrons. The van der Waals surface area contributed by atoms with Crippen molar-refractivity contribution in [2.45, 2.75) is 42.2 Å². The zero-order valence-electron chi connectivity index (χ0n) is 20.3. The molecular weight excluding hydrogens is 534 g/mol. The van der Waals surface area contributed by atoms with Gasteiger partial charge in [-0.05, 0) is 29.7 Å². The Balaban J connectivity index is 1.42. The number of hydrogen-bond acceptors (Lipinski definition) is 10. The molecule has 3 amide bonds. The predicted molar refractivity (Wildman–Crippen MR) is 139 cm³/mol. The van der Waals surface area contributed by atoms with E-state index in [9.17, 15) is 29.4 Å². The normalized spacial score (nSPS) is 19.4. The molecule has 0 bridgehead atoms. The molecule has 2 aliphatic rings. The molecule has 0 saturated carbocycles. The molecule has 3 heterocycles. The van der Waals surface area contributed by atoms with E-state index in [1.165, 1.54) is 40.9 Å². The number of aromatic amines is 1. The first kappa shape index (κ1) is 27.5. The lowest BCUT2D eigenvalue weighted by Crippen LogP contribution is -2.71. The average molecular weight is 562 g/mol. The largest absolute Gasteiger partial charge is 0.508 e. The number of fused-ring (bicyclic) bond motifs is 1. The number of aliphatic carboxylic acids is 1. The fourth-order valence-corrected chi connectivity index (χ4v) is 6.36. The van der Waals surface area contributed by atoms with Gasteiger partial charge in [0.2, 0.25) is 5.91 Å². The summed E-state index contributed by atoms with van der Waals surface area (Å²) in [4.78, 5) is 51.3. The van der Waals surface area contributed by atoms with Crippen LogP contribution in [0.15, 0.2) is 40.6 Å². The molecule has 15 heteroatoms. The van der Waals surface area contributed by atoms with E-state index in [1.807, 2.05) is 6.92 Å². The number of aromatic hydroxyl groups is 1. The number of carbonyl (C=O) groups is 4. The highest BCUT2D eigenvalue weighted by Gasteiger charge is 2.54. The van der Waals surface area contributed by atoms with Crippen LogP contribution in [-0.2, 0) is 14.4 Å². The third-order valence-electron chi connectivity index (χ3n) is 6.01. The van der Waals surface area contributed by atoms with E-state index in [4.69, 9.17) is 5.73 Å². The molecule has 2 unspecified atom stereocenters. The van der Waals surface area contributed by atoms with E-state index >= 15 is 0 Å². The molecule has 38 heavy (non-hydrogen) atoms. The minimum Gasteiger partial charge on any atom is -0.508 e. The third-order valence-corrected chi connectivity index (χ3v) is 8.40. The van der Waals surface area contributed by atoms with Gasteiger partial charge in [0.1, 0.15) is 28.9 Å². The van der Waals surface area contributed by atoms with Gasteiger partial charge < -0.3 is 26.6 Å². The molecule has 7 N–H and O–H groups in total. The highest BCUT2D eigenvalue weighted by molar-refractivity contribution is 8.01. The van der Waals surface area contributed by atoms with Crippen molar-refractivity contribution < 1.29 is 29.4 Å². The van der Waals surface area contributed by atoms with Crippen molar-refractivity contribution in [3.05, 3.63) is 46.8 Å². The molecule has 2 aliphatic heterocycles. The lowest BCUT2D eigenvalue weighted by Gasteiger charge is -2.49. The summed E-state index contributed by atoms with van der Waals surface area (Å²) in [7, 11) is 0. The number of phenols is 1. The summed E-state index contributed by atoms with van der Waals surface area (Å²) in [6.07, 6.45) is 1.75. The van der Waals surface area contributed by atoms with Crippen LogP contribution >= 0.6 is 23.5 Å². The number of aromatic nitrogens is 3. The smallest absolute Gasteiger partial charge is 0.352 e.